The second-order valence-corrected chi connectivity index (χ2v) is 21.4. The Bertz CT molecular complexity index is 1020. The minimum Gasteiger partial charge on any atom is -0.466 e. The van der Waals surface area contributed by atoms with Crippen molar-refractivity contribution in [1.82, 2.24) is 5.32 Å². The molecular weight excluding hydrogens is 839 g/mol. The zero-order valence-electron chi connectivity index (χ0n) is 46.1. The van der Waals surface area contributed by atoms with Crippen LogP contribution >= 0.6 is 0 Å². The van der Waals surface area contributed by atoms with Crippen molar-refractivity contribution < 1.29 is 24.5 Å². The molecular formula is C62H121NO5. The van der Waals surface area contributed by atoms with E-state index < -0.39 is 12.1 Å². The number of nitrogens with one attached hydrogen (secondary N) is 1. The largest absolute Gasteiger partial charge is 0.466 e. The predicted molar refractivity (Wildman–Crippen MR) is 297 cm³/mol. The lowest BCUT2D eigenvalue weighted by Gasteiger charge is -2.22. The van der Waals surface area contributed by atoms with Crippen LogP contribution in [0.15, 0.2) is 12.2 Å². The molecule has 0 aromatic rings. The summed E-state index contributed by atoms with van der Waals surface area (Å²) in [7, 11) is 0. The first-order chi connectivity index (χ1) is 33.5. The number of rotatable bonds is 58. The predicted octanol–water partition coefficient (Wildman–Crippen LogP) is 19.2. The van der Waals surface area contributed by atoms with Gasteiger partial charge in [0.1, 0.15) is 0 Å². The molecule has 0 bridgehead atoms. The van der Waals surface area contributed by atoms with E-state index in [9.17, 15) is 19.8 Å². The third-order valence-electron chi connectivity index (χ3n) is 14.6. The Labute approximate surface area is 425 Å². The van der Waals surface area contributed by atoms with Crippen molar-refractivity contribution in [2.45, 2.75) is 360 Å². The third-order valence-corrected chi connectivity index (χ3v) is 14.6. The molecule has 6 nitrogen and oxygen atoms in total. The van der Waals surface area contributed by atoms with Crippen LogP contribution in [-0.2, 0) is 14.3 Å². The fraction of sp³-hybridized carbons (Fsp3) is 0.935. The molecule has 3 N–H and O–H groups in total. The van der Waals surface area contributed by atoms with Gasteiger partial charge in [0.05, 0.1) is 25.4 Å². The fourth-order valence-corrected chi connectivity index (χ4v) is 9.81. The highest BCUT2D eigenvalue weighted by molar-refractivity contribution is 5.76. The van der Waals surface area contributed by atoms with E-state index in [0.717, 1.165) is 38.5 Å². The Morgan fingerprint density at radius 2 is 0.691 bits per heavy atom. The van der Waals surface area contributed by atoms with Gasteiger partial charge < -0.3 is 20.3 Å². The summed E-state index contributed by atoms with van der Waals surface area (Å²) in [6.45, 7) is 4.95. The number of aliphatic hydroxyl groups is 2. The van der Waals surface area contributed by atoms with E-state index in [2.05, 4.69) is 31.3 Å². The highest BCUT2D eigenvalue weighted by atomic mass is 16.5. The van der Waals surface area contributed by atoms with Gasteiger partial charge in [-0.3, -0.25) is 9.59 Å². The van der Waals surface area contributed by atoms with Crippen LogP contribution in [0.2, 0.25) is 0 Å². The summed E-state index contributed by atoms with van der Waals surface area (Å²) in [6.07, 6.45) is 69.5. The van der Waals surface area contributed by atoms with Gasteiger partial charge in [0.25, 0.3) is 0 Å². The molecule has 0 saturated heterocycles. The maximum atomic E-state index is 12.4. The van der Waals surface area contributed by atoms with E-state index in [0.29, 0.717) is 25.9 Å². The molecule has 0 aromatic carbocycles. The number of hydrogen-bond donors (Lipinski definition) is 3. The van der Waals surface area contributed by atoms with E-state index in [1.807, 2.05) is 0 Å². The van der Waals surface area contributed by atoms with Crippen LogP contribution in [0.3, 0.4) is 0 Å². The number of hydrogen-bond acceptors (Lipinski definition) is 5. The summed E-state index contributed by atoms with van der Waals surface area (Å²) in [4.78, 5) is 24.5. The molecule has 0 aliphatic rings. The van der Waals surface area contributed by atoms with Crippen molar-refractivity contribution >= 4 is 11.9 Å². The third kappa shape index (κ3) is 53.9. The number of ether oxygens (including phenoxy) is 1. The monoisotopic (exact) mass is 960 g/mol. The number of aliphatic hydroxyl groups excluding tert-OH is 2. The number of allylic oxidation sites excluding steroid dienone is 2. The van der Waals surface area contributed by atoms with Crippen molar-refractivity contribution in [2.24, 2.45) is 0 Å². The molecule has 2 atom stereocenters. The second kappa shape index (κ2) is 58.2. The Hall–Kier alpha value is -1.40. The number of amides is 1. The first-order valence-corrected chi connectivity index (χ1v) is 30.9. The summed E-state index contributed by atoms with van der Waals surface area (Å²) in [6, 6.07) is -0.542. The van der Waals surface area contributed by atoms with E-state index in [-0.39, 0.29) is 18.5 Å². The number of carbonyl (C=O) groups excluding carboxylic acids is 2. The molecule has 0 aliphatic carbocycles. The summed E-state index contributed by atoms with van der Waals surface area (Å²) in [5.74, 6) is -0.0233. The normalized spacial score (nSPS) is 12.6. The van der Waals surface area contributed by atoms with E-state index >= 15 is 0 Å². The minimum atomic E-state index is -0.664. The molecule has 0 aromatic heterocycles. The van der Waals surface area contributed by atoms with Gasteiger partial charge in [-0.15, -0.1) is 0 Å². The van der Waals surface area contributed by atoms with Crippen LogP contribution in [0.25, 0.3) is 0 Å². The number of carbonyl (C=O) groups is 2. The molecule has 6 heteroatoms. The maximum absolute atomic E-state index is 12.4. The van der Waals surface area contributed by atoms with Crippen LogP contribution in [0.5, 0.6) is 0 Å². The molecule has 0 radical (unpaired) electrons. The average Bonchev–Trinajstić information content (AvgIpc) is 3.34. The van der Waals surface area contributed by atoms with Gasteiger partial charge in [0.2, 0.25) is 5.91 Å². The quantitative estimate of drug-likeness (QED) is 0.0321. The Kier molecular flexibility index (Phi) is 57.0. The smallest absolute Gasteiger partial charge is 0.305 e. The molecule has 1 amide bonds. The zero-order chi connectivity index (χ0) is 49.3. The van der Waals surface area contributed by atoms with Crippen LogP contribution in [0.4, 0.5) is 0 Å². The number of esters is 1. The first kappa shape index (κ1) is 66.6. The SMILES string of the molecule is CCCCCCCCCCCCCCCCCCCCC(=O)OCCCCCCCCCCCCCC/C=C\CCCCCCCCCCC(=O)NC(CO)C(O)CCCCCCCCCCC. The maximum Gasteiger partial charge on any atom is 0.305 e. The molecule has 0 saturated carbocycles. The van der Waals surface area contributed by atoms with Crippen LogP contribution in [-0.4, -0.2) is 47.4 Å². The topological polar surface area (TPSA) is 95.9 Å². The van der Waals surface area contributed by atoms with Crippen molar-refractivity contribution in [1.29, 1.82) is 0 Å². The molecule has 404 valence electrons. The molecule has 0 rings (SSSR count). The Morgan fingerprint density at radius 3 is 1.04 bits per heavy atom. The van der Waals surface area contributed by atoms with E-state index in [4.69, 9.17) is 4.74 Å². The van der Waals surface area contributed by atoms with Gasteiger partial charge in [-0.2, -0.15) is 0 Å². The van der Waals surface area contributed by atoms with Crippen molar-refractivity contribution in [3.8, 4) is 0 Å². The summed E-state index contributed by atoms with van der Waals surface area (Å²) < 4.78 is 5.50. The number of unbranched alkanes of at least 4 members (excludes halogenated alkanes) is 45. The van der Waals surface area contributed by atoms with Gasteiger partial charge in [-0.25, -0.2) is 0 Å². The Balaban J connectivity index is 3.34. The molecule has 2 unspecified atom stereocenters. The fourth-order valence-electron chi connectivity index (χ4n) is 9.81. The lowest BCUT2D eigenvalue weighted by atomic mass is 10.0. The lowest BCUT2D eigenvalue weighted by Crippen LogP contribution is -2.45. The van der Waals surface area contributed by atoms with Crippen LogP contribution < -0.4 is 5.32 Å². The van der Waals surface area contributed by atoms with Crippen LogP contribution in [0, 0.1) is 0 Å². The molecule has 68 heavy (non-hydrogen) atoms. The summed E-state index contributed by atoms with van der Waals surface area (Å²) in [5, 5.41) is 23.1. The molecule has 0 heterocycles. The first-order valence-electron chi connectivity index (χ1n) is 30.9. The van der Waals surface area contributed by atoms with Gasteiger partial charge in [-0.05, 0) is 51.4 Å². The van der Waals surface area contributed by atoms with Crippen molar-refractivity contribution in [2.75, 3.05) is 13.2 Å². The molecule has 0 aliphatic heterocycles. The van der Waals surface area contributed by atoms with E-state index in [1.54, 1.807) is 0 Å². The second-order valence-electron chi connectivity index (χ2n) is 21.4. The van der Waals surface area contributed by atoms with Gasteiger partial charge >= 0.3 is 5.97 Å². The van der Waals surface area contributed by atoms with Crippen molar-refractivity contribution in [3.63, 3.8) is 0 Å². The van der Waals surface area contributed by atoms with E-state index in [1.165, 1.54) is 276 Å². The minimum absolute atomic E-state index is 0.0174. The average molecular weight is 961 g/mol. The van der Waals surface area contributed by atoms with Gasteiger partial charge in [0, 0.05) is 12.8 Å². The lowest BCUT2D eigenvalue weighted by molar-refractivity contribution is -0.143. The highest BCUT2D eigenvalue weighted by Gasteiger charge is 2.20. The summed E-state index contributed by atoms with van der Waals surface area (Å²) >= 11 is 0. The van der Waals surface area contributed by atoms with Crippen molar-refractivity contribution in [3.05, 3.63) is 12.2 Å². The molecule has 0 fully saturated rings. The molecule has 0 spiro atoms. The highest BCUT2D eigenvalue weighted by Crippen LogP contribution is 2.18. The zero-order valence-corrected chi connectivity index (χ0v) is 46.1. The standard InChI is InChI=1S/C62H121NO5/c1-3-5-7-9-11-13-14-15-16-17-27-30-33-36-40-44-48-52-56-62(67)68-57-53-49-45-41-37-34-31-28-25-23-21-19-18-20-22-24-26-29-32-35-39-43-47-51-55-61(66)63-59(58-64)60(65)54-50-46-42-38-12-10-8-6-4-2/h20,22,59-60,64-65H,3-19,21,23-58H2,1-2H3,(H,63,66)/b22-20-. The Morgan fingerprint density at radius 1 is 0.397 bits per heavy atom. The summed E-state index contributed by atoms with van der Waals surface area (Å²) in [5.41, 5.74) is 0. The van der Waals surface area contributed by atoms with Crippen LogP contribution in [0.1, 0.15) is 348 Å². The van der Waals surface area contributed by atoms with Gasteiger partial charge in [-0.1, -0.05) is 296 Å². The van der Waals surface area contributed by atoms with Gasteiger partial charge in [0.15, 0.2) is 0 Å².